The minimum absolute atomic E-state index is 0.0740. The molecule has 0 heterocycles. The number of benzene rings is 3. The zero-order valence-corrected chi connectivity index (χ0v) is 21.5. The summed E-state index contributed by atoms with van der Waals surface area (Å²) in [7, 11) is 1.63. The van der Waals surface area contributed by atoms with Crippen molar-refractivity contribution < 1.29 is 29.4 Å². The van der Waals surface area contributed by atoms with Gasteiger partial charge in [0.2, 0.25) is 11.8 Å². The van der Waals surface area contributed by atoms with Gasteiger partial charge in [-0.1, -0.05) is 6.07 Å². The van der Waals surface area contributed by atoms with E-state index in [1.807, 2.05) is 6.07 Å². The molecular weight excluding hydrogens is 502 g/mol. The van der Waals surface area contributed by atoms with E-state index in [-0.39, 0.29) is 34.0 Å². The van der Waals surface area contributed by atoms with E-state index in [9.17, 15) is 29.4 Å². The number of rotatable bonds is 7. The van der Waals surface area contributed by atoms with Crippen LogP contribution < -0.4 is 15.5 Å². The highest BCUT2D eigenvalue weighted by molar-refractivity contribution is 6.48. The topological polar surface area (TPSA) is 184 Å². The number of nitriles is 1. The quantitative estimate of drug-likeness (QED) is 0.228. The van der Waals surface area contributed by atoms with E-state index in [2.05, 4.69) is 10.6 Å². The first-order chi connectivity index (χ1) is 18.3. The van der Waals surface area contributed by atoms with E-state index >= 15 is 0 Å². The van der Waals surface area contributed by atoms with Crippen LogP contribution in [0.4, 0.5) is 17.1 Å². The maximum Gasteiger partial charge on any atom is 0.337 e. The highest BCUT2D eigenvalue weighted by atomic mass is 16.4. The molecule has 0 aromatic heterocycles. The van der Waals surface area contributed by atoms with Crippen LogP contribution in [0.1, 0.15) is 40.9 Å². The molecule has 0 aliphatic rings. The highest BCUT2D eigenvalue weighted by Crippen LogP contribution is 2.37. The Labute approximate surface area is 223 Å². The summed E-state index contributed by atoms with van der Waals surface area (Å²) in [6, 6.07) is 13.2. The first-order valence-electron chi connectivity index (χ1n) is 11.5. The van der Waals surface area contributed by atoms with Crippen molar-refractivity contribution >= 4 is 46.5 Å². The third-order valence-corrected chi connectivity index (χ3v) is 5.93. The lowest BCUT2D eigenvalue weighted by Gasteiger charge is -2.19. The van der Waals surface area contributed by atoms with Gasteiger partial charge in [-0.2, -0.15) is 5.26 Å². The number of hydrogen-bond acceptors (Lipinski definition) is 7. The minimum atomic E-state index is -1.38. The summed E-state index contributed by atoms with van der Waals surface area (Å²) in [4.78, 5) is 49.6. The number of carboxylic acid groups (broad SMARTS) is 1. The Balaban J connectivity index is 2.03. The van der Waals surface area contributed by atoms with Gasteiger partial charge in [-0.25, -0.2) is 4.79 Å². The van der Waals surface area contributed by atoms with Crippen LogP contribution in [0, 0.1) is 23.7 Å². The van der Waals surface area contributed by atoms with Crippen molar-refractivity contribution in [2.24, 2.45) is 0 Å². The van der Waals surface area contributed by atoms with Crippen LogP contribution >= 0.6 is 0 Å². The molecule has 0 radical (unpaired) electrons. The van der Waals surface area contributed by atoms with Gasteiger partial charge in [0, 0.05) is 43.4 Å². The van der Waals surface area contributed by atoms with Gasteiger partial charge in [-0.05, 0) is 60.5 Å². The minimum Gasteiger partial charge on any atom is -0.507 e. The third kappa shape index (κ3) is 6.08. The van der Waals surface area contributed by atoms with E-state index in [0.717, 1.165) is 11.6 Å². The number of carbonyl (C=O) groups is 4. The monoisotopic (exact) mass is 527 g/mol. The fourth-order valence-corrected chi connectivity index (χ4v) is 3.85. The number of hydrogen-bond donors (Lipinski definition) is 5. The summed E-state index contributed by atoms with van der Waals surface area (Å²) in [5, 5.41) is 42.6. The average molecular weight is 528 g/mol. The Bertz CT molecular complexity index is 1590. The molecule has 3 rings (SSSR count). The van der Waals surface area contributed by atoms with Crippen molar-refractivity contribution in [3.63, 3.8) is 0 Å². The molecule has 39 heavy (non-hydrogen) atoms. The summed E-state index contributed by atoms with van der Waals surface area (Å²) in [5.74, 6) is -3.42. The van der Waals surface area contributed by atoms with Gasteiger partial charge in [-0.15, -0.1) is 0 Å². The van der Waals surface area contributed by atoms with Crippen molar-refractivity contribution in [1.82, 2.24) is 0 Å². The second-order valence-corrected chi connectivity index (χ2v) is 8.68. The number of aryl methyl sites for hydroxylation is 1. The van der Waals surface area contributed by atoms with Crippen LogP contribution in [0.5, 0.6) is 5.75 Å². The van der Waals surface area contributed by atoms with Crippen molar-refractivity contribution in [2.75, 3.05) is 22.6 Å². The SMILES string of the molecule is CC(=O)Nc1cc(C(=N)C(=O)Nc2ccc(C#N)cc2C(=O)O)c(O)cc1-c1ccc(N(C)C(C)=O)cc1C. The van der Waals surface area contributed by atoms with E-state index in [1.54, 1.807) is 32.2 Å². The number of amides is 3. The maximum atomic E-state index is 12.9. The highest BCUT2D eigenvalue weighted by Gasteiger charge is 2.22. The standard InChI is InChI=1S/C28H25N5O6/c1-14-9-18(33(4)16(3)35)6-7-19(14)20-12-25(36)22(11-24(20)31-15(2)34)26(30)27(37)32-23-8-5-17(13-29)10-21(23)28(38)39/h5-12,30,36H,1-4H3,(H,31,34)(H,32,37)(H,38,39). The fraction of sp³-hybridized carbons (Fsp3) is 0.143. The van der Waals surface area contributed by atoms with E-state index in [4.69, 9.17) is 10.7 Å². The van der Waals surface area contributed by atoms with Crippen molar-refractivity contribution in [1.29, 1.82) is 10.7 Å². The van der Waals surface area contributed by atoms with E-state index in [0.29, 0.717) is 16.8 Å². The lowest BCUT2D eigenvalue weighted by atomic mass is 9.94. The second-order valence-electron chi connectivity index (χ2n) is 8.68. The number of nitrogens with zero attached hydrogens (tertiary/aromatic N) is 2. The predicted molar refractivity (Wildman–Crippen MR) is 145 cm³/mol. The molecule has 0 saturated heterocycles. The molecule has 3 aromatic rings. The molecule has 5 N–H and O–H groups in total. The van der Waals surface area contributed by atoms with E-state index in [1.165, 1.54) is 43.0 Å². The number of phenols is 1. The molecule has 0 spiro atoms. The summed E-state index contributed by atoms with van der Waals surface area (Å²) in [5.41, 5.74) is 1.32. The number of carboxylic acids is 1. The lowest BCUT2D eigenvalue weighted by molar-refractivity contribution is -0.116. The molecule has 3 aromatic carbocycles. The van der Waals surface area contributed by atoms with Crippen LogP contribution in [0.2, 0.25) is 0 Å². The maximum absolute atomic E-state index is 12.9. The molecule has 11 heteroatoms. The average Bonchev–Trinajstić information content (AvgIpc) is 2.88. The predicted octanol–water partition coefficient (Wildman–Crippen LogP) is 3.89. The summed E-state index contributed by atoms with van der Waals surface area (Å²) >= 11 is 0. The van der Waals surface area contributed by atoms with Crippen LogP contribution in [0.3, 0.4) is 0 Å². The van der Waals surface area contributed by atoms with E-state index < -0.39 is 29.2 Å². The molecule has 0 bridgehead atoms. The first-order valence-corrected chi connectivity index (χ1v) is 11.5. The van der Waals surface area contributed by atoms with Gasteiger partial charge in [0.05, 0.1) is 22.9 Å². The summed E-state index contributed by atoms with van der Waals surface area (Å²) < 4.78 is 0. The van der Waals surface area contributed by atoms with Gasteiger partial charge >= 0.3 is 5.97 Å². The van der Waals surface area contributed by atoms with Crippen molar-refractivity contribution in [3.05, 3.63) is 70.8 Å². The summed E-state index contributed by atoms with van der Waals surface area (Å²) in [6.45, 7) is 4.51. The number of phenolic OH excluding ortho intramolecular Hbond substituents is 1. The summed E-state index contributed by atoms with van der Waals surface area (Å²) in [6.07, 6.45) is 0. The Morgan fingerprint density at radius 2 is 1.62 bits per heavy atom. The molecule has 0 aliphatic carbocycles. The molecule has 0 saturated carbocycles. The van der Waals surface area contributed by atoms with Crippen molar-refractivity contribution in [2.45, 2.75) is 20.8 Å². The van der Waals surface area contributed by atoms with Crippen LogP contribution in [0.15, 0.2) is 48.5 Å². The molecule has 11 nitrogen and oxygen atoms in total. The molecular formula is C28H25N5O6. The smallest absolute Gasteiger partial charge is 0.337 e. The third-order valence-electron chi connectivity index (χ3n) is 5.93. The first kappa shape index (κ1) is 28.1. The van der Waals surface area contributed by atoms with Gasteiger partial charge in [0.15, 0.2) is 0 Å². The van der Waals surface area contributed by atoms with Crippen LogP contribution in [0.25, 0.3) is 11.1 Å². The zero-order chi connectivity index (χ0) is 29.0. The van der Waals surface area contributed by atoms with Gasteiger partial charge in [-0.3, -0.25) is 19.8 Å². The second kappa shape index (κ2) is 11.3. The molecule has 0 unspecified atom stereocenters. The van der Waals surface area contributed by atoms with Crippen LogP contribution in [-0.2, 0) is 14.4 Å². The number of nitrogens with one attached hydrogen (secondary N) is 3. The number of aromatic hydroxyl groups is 1. The molecule has 0 aliphatic heterocycles. The van der Waals surface area contributed by atoms with Crippen LogP contribution in [-0.4, -0.2) is 46.7 Å². The Morgan fingerprint density at radius 1 is 0.923 bits per heavy atom. The largest absolute Gasteiger partial charge is 0.507 e. The normalized spacial score (nSPS) is 10.2. The lowest BCUT2D eigenvalue weighted by Crippen LogP contribution is -2.24. The van der Waals surface area contributed by atoms with Gasteiger partial charge < -0.3 is 25.7 Å². The van der Waals surface area contributed by atoms with Crippen molar-refractivity contribution in [3.8, 4) is 22.9 Å². The Kier molecular flexibility index (Phi) is 8.11. The number of anilines is 3. The van der Waals surface area contributed by atoms with Gasteiger partial charge in [0.25, 0.3) is 5.91 Å². The molecule has 3 amide bonds. The van der Waals surface area contributed by atoms with Gasteiger partial charge in [0.1, 0.15) is 11.5 Å². The fourth-order valence-electron chi connectivity index (χ4n) is 3.85. The number of carbonyl (C=O) groups excluding carboxylic acids is 3. The number of aromatic carboxylic acids is 1. The molecule has 198 valence electrons. The zero-order valence-electron chi connectivity index (χ0n) is 21.5. The Hall–Kier alpha value is -5.50. The Morgan fingerprint density at radius 3 is 2.18 bits per heavy atom. The molecule has 0 atom stereocenters. The molecule has 0 fully saturated rings.